The van der Waals surface area contributed by atoms with Gasteiger partial charge < -0.3 is 9.42 Å². The van der Waals surface area contributed by atoms with Crippen molar-refractivity contribution in [3.05, 3.63) is 70.4 Å². The summed E-state index contributed by atoms with van der Waals surface area (Å²) in [6.45, 7) is -0.192. The van der Waals surface area contributed by atoms with Crippen LogP contribution in [0.5, 0.6) is 0 Å². The Morgan fingerprint density at radius 3 is 1.94 bits per heavy atom. The lowest BCUT2D eigenvalue weighted by atomic mass is 9.96. The minimum Gasteiger partial charge on any atom is -0.339 e. The molecule has 0 bridgehead atoms. The van der Waals surface area contributed by atoms with Crippen LogP contribution in [0.4, 0.5) is 35.1 Å². The van der Waals surface area contributed by atoms with Crippen molar-refractivity contribution in [1.82, 2.24) is 15.0 Å². The number of aromatic nitrogens is 2. The van der Waals surface area contributed by atoms with E-state index in [2.05, 4.69) is 10.1 Å². The van der Waals surface area contributed by atoms with Gasteiger partial charge in [0.15, 0.2) is 23.3 Å². The van der Waals surface area contributed by atoms with E-state index in [1.165, 1.54) is 12.1 Å². The molecule has 2 heterocycles. The molecule has 2 aromatic carbocycles. The first-order valence-electron chi connectivity index (χ1n) is 9.81. The number of alkyl halides is 3. The summed E-state index contributed by atoms with van der Waals surface area (Å²) < 4.78 is 111. The molecule has 4 rings (SSSR count). The monoisotopic (exact) mass is 491 g/mol. The summed E-state index contributed by atoms with van der Waals surface area (Å²) in [7, 11) is 0. The van der Waals surface area contributed by atoms with Crippen molar-refractivity contribution >= 4 is 5.91 Å². The first kappa shape index (κ1) is 23.6. The number of rotatable bonds is 3. The van der Waals surface area contributed by atoms with Gasteiger partial charge in [0.1, 0.15) is 5.56 Å². The molecule has 1 amide bonds. The molecule has 1 aromatic heterocycles. The van der Waals surface area contributed by atoms with E-state index in [0.717, 1.165) is 17.0 Å². The van der Waals surface area contributed by atoms with E-state index in [4.69, 9.17) is 4.52 Å². The molecule has 13 heteroatoms. The van der Waals surface area contributed by atoms with E-state index in [0.29, 0.717) is 0 Å². The molecule has 180 valence electrons. The average molecular weight is 491 g/mol. The maximum absolute atomic E-state index is 13.9. The molecule has 5 nitrogen and oxygen atoms in total. The van der Waals surface area contributed by atoms with Crippen molar-refractivity contribution in [3.8, 4) is 11.4 Å². The van der Waals surface area contributed by atoms with Gasteiger partial charge in [-0.15, -0.1) is 0 Å². The molecule has 0 N–H and O–H groups in total. The van der Waals surface area contributed by atoms with E-state index >= 15 is 0 Å². The van der Waals surface area contributed by atoms with Gasteiger partial charge in [-0.25, -0.2) is 22.0 Å². The molecule has 1 saturated heterocycles. The highest BCUT2D eigenvalue weighted by Gasteiger charge is 2.35. The highest BCUT2D eigenvalue weighted by atomic mass is 19.4. The number of benzene rings is 2. The number of hydrogen-bond donors (Lipinski definition) is 0. The van der Waals surface area contributed by atoms with Gasteiger partial charge in [0.25, 0.3) is 5.91 Å². The summed E-state index contributed by atoms with van der Waals surface area (Å²) in [6, 6.07) is 4.11. The summed E-state index contributed by atoms with van der Waals surface area (Å²) in [5, 5.41) is 3.74. The fraction of sp³-hybridized carbons (Fsp3) is 0.286. The van der Waals surface area contributed by atoms with E-state index < -0.39 is 58.2 Å². The zero-order valence-electron chi connectivity index (χ0n) is 16.9. The minimum absolute atomic E-state index is 0.0450. The van der Waals surface area contributed by atoms with Gasteiger partial charge in [0, 0.05) is 24.6 Å². The second-order valence-corrected chi connectivity index (χ2v) is 7.54. The lowest BCUT2D eigenvalue weighted by Crippen LogP contribution is -2.39. The third-order valence-corrected chi connectivity index (χ3v) is 5.47. The van der Waals surface area contributed by atoms with Crippen molar-refractivity contribution in [2.75, 3.05) is 13.1 Å². The number of carbonyl (C=O) groups excluding carboxylic acids is 1. The van der Waals surface area contributed by atoms with Gasteiger partial charge in [-0.2, -0.15) is 18.2 Å². The van der Waals surface area contributed by atoms with Crippen LogP contribution >= 0.6 is 0 Å². The second kappa shape index (κ2) is 8.69. The summed E-state index contributed by atoms with van der Waals surface area (Å²) in [5.41, 5.74) is -2.09. The molecule has 0 spiro atoms. The number of nitrogens with zero attached hydrogens (tertiary/aromatic N) is 3. The molecule has 1 aliphatic heterocycles. The Kier molecular flexibility index (Phi) is 6.04. The maximum Gasteiger partial charge on any atom is 0.416 e. The number of halogens is 8. The molecule has 0 unspecified atom stereocenters. The van der Waals surface area contributed by atoms with Crippen LogP contribution in [0.2, 0.25) is 0 Å². The van der Waals surface area contributed by atoms with Crippen molar-refractivity contribution in [2.24, 2.45) is 0 Å². The standard InChI is InChI=1S/C21H13F8N3O2/c22-13-12(14(23)16(25)17(26)15(13)24)20(33)32-7-5-10(6-8-32)19-30-18(31-34-19)9-1-3-11(4-2-9)21(27,28)29/h1-4,10H,5-8H2. The predicted octanol–water partition coefficient (Wildman–Crippen LogP) is 5.47. The van der Waals surface area contributed by atoms with Crippen LogP contribution in [0.3, 0.4) is 0 Å². The Morgan fingerprint density at radius 2 is 1.41 bits per heavy atom. The summed E-state index contributed by atoms with van der Waals surface area (Å²) >= 11 is 0. The maximum atomic E-state index is 13.9. The van der Waals surface area contributed by atoms with Crippen LogP contribution < -0.4 is 0 Å². The van der Waals surface area contributed by atoms with Gasteiger partial charge in [0.2, 0.25) is 17.5 Å². The van der Waals surface area contributed by atoms with Gasteiger partial charge in [-0.3, -0.25) is 4.79 Å². The van der Waals surface area contributed by atoms with E-state index in [1.54, 1.807) is 0 Å². The minimum atomic E-state index is -4.50. The smallest absolute Gasteiger partial charge is 0.339 e. The van der Waals surface area contributed by atoms with Gasteiger partial charge in [-0.05, 0) is 25.0 Å². The number of hydrogen-bond acceptors (Lipinski definition) is 4. The Bertz CT molecular complexity index is 1200. The van der Waals surface area contributed by atoms with Crippen molar-refractivity contribution < 1.29 is 44.4 Å². The SMILES string of the molecule is O=C(c1c(F)c(F)c(F)c(F)c1F)N1CCC(c2nc(-c3ccc(C(F)(F)F)cc3)no2)CC1. The zero-order valence-corrected chi connectivity index (χ0v) is 16.9. The van der Waals surface area contributed by atoms with E-state index in [9.17, 15) is 39.9 Å². The summed E-state index contributed by atoms with van der Waals surface area (Å²) in [5.74, 6) is -12.7. The molecule has 0 saturated carbocycles. The Morgan fingerprint density at radius 1 is 0.882 bits per heavy atom. The largest absolute Gasteiger partial charge is 0.416 e. The van der Waals surface area contributed by atoms with Crippen molar-refractivity contribution in [2.45, 2.75) is 24.9 Å². The van der Waals surface area contributed by atoms with E-state index in [-0.39, 0.29) is 43.2 Å². The Balaban J connectivity index is 1.45. The fourth-order valence-electron chi connectivity index (χ4n) is 3.61. The Hall–Kier alpha value is -3.51. The quantitative estimate of drug-likeness (QED) is 0.277. The molecule has 1 aliphatic rings. The highest BCUT2D eigenvalue weighted by molar-refractivity contribution is 5.95. The molecule has 0 aliphatic carbocycles. The van der Waals surface area contributed by atoms with Crippen LogP contribution in [0, 0.1) is 29.1 Å². The molecule has 3 aromatic rings. The van der Waals surface area contributed by atoms with Crippen molar-refractivity contribution in [3.63, 3.8) is 0 Å². The van der Waals surface area contributed by atoms with Crippen LogP contribution in [0.15, 0.2) is 28.8 Å². The van der Waals surface area contributed by atoms with Gasteiger partial charge in [0.05, 0.1) is 5.56 Å². The molecule has 0 atom stereocenters. The van der Waals surface area contributed by atoms with Gasteiger partial charge >= 0.3 is 6.18 Å². The van der Waals surface area contributed by atoms with Crippen LogP contribution in [0.1, 0.15) is 40.6 Å². The number of carbonyl (C=O) groups is 1. The average Bonchev–Trinajstić information content (AvgIpc) is 3.31. The fourth-order valence-corrected chi connectivity index (χ4v) is 3.61. The number of piperidine rings is 1. The molecule has 34 heavy (non-hydrogen) atoms. The number of amides is 1. The number of likely N-dealkylation sites (tertiary alicyclic amines) is 1. The second-order valence-electron chi connectivity index (χ2n) is 7.54. The molecule has 1 fully saturated rings. The first-order chi connectivity index (χ1) is 16.0. The molecule has 0 radical (unpaired) electrons. The lowest BCUT2D eigenvalue weighted by Gasteiger charge is -2.30. The predicted molar refractivity (Wildman–Crippen MR) is 98.8 cm³/mol. The summed E-state index contributed by atoms with van der Waals surface area (Å²) in [4.78, 5) is 17.6. The molecular formula is C21H13F8N3O2. The Labute approximate surface area is 186 Å². The van der Waals surface area contributed by atoms with E-state index in [1.807, 2.05) is 0 Å². The highest BCUT2D eigenvalue weighted by Crippen LogP contribution is 2.33. The van der Waals surface area contributed by atoms with Crippen LogP contribution in [0.25, 0.3) is 11.4 Å². The first-order valence-corrected chi connectivity index (χ1v) is 9.81. The zero-order chi connectivity index (χ0) is 24.8. The summed E-state index contributed by atoms with van der Waals surface area (Å²) in [6.07, 6.45) is -4.14. The van der Waals surface area contributed by atoms with Crippen LogP contribution in [-0.2, 0) is 6.18 Å². The third-order valence-electron chi connectivity index (χ3n) is 5.47. The lowest BCUT2D eigenvalue weighted by molar-refractivity contribution is -0.137. The van der Waals surface area contributed by atoms with Crippen LogP contribution in [-0.4, -0.2) is 34.0 Å². The van der Waals surface area contributed by atoms with Crippen molar-refractivity contribution in [1.29, 1.82) is 0 Å². The normalized spacial score (nSPS) is 15.1. The molecular weight excluding hydrogens is 478 g/mol. The third kappa shape index (κ3) is 4.21. The topological polar surface area (TPSA) is 59.2 Å². The van der Waals surface area contributed by atoms with Gasteiger partial charge in [-0.1, -0.05) is 17.3 Å².